The molecule has 0 aromatic carbocycles. The monoisotopic (exact) mass is 482 g/mol. The van der Waals surface area contributed by atoms with Crippen molar-refractivity contribution < 1.29 is 20.6 Å². The molecule has 27 heavy (non-hydrogen) atoms. The Bertz CT molecular complexity index is 441. The van der Waals surface area contributed by atoms with Gasteiger partial charge in [-0.05, 0) is 78.6 Å². The predicted molar refractivity (Wildman–Crippen MR) is 131 cm³/mol. The highest BCUT2D eigenvalue weighted by Crippen LogP contribution is 2.30. The lowest BCUT2D eigenvalue weighted by molar-refractivity contribution is 0.238. The normalized spacial score (nSPS) is 23.9. The molecule has 0 aromatic rings. The van der Waals surface area contributed by atoms with Gasteiger partial charge in [0.15, 0.2) is 16.6 Å². The molecule has 0 unspecified atom stereocenters. The van der Waals surface area contributed by atoms with Crippen molar-refractivity contribution in [3.8, 4) is 0 Å². The molecule has 1 aliphatic rings. The summed E-state index contributed by atoms with van der Waals surface area (Å²) in [6, 6.07) is 0. The summed E-state index contributed by atoms with van der Waals surface area (Å²) in [7, 11) is -11.6. The third-order valence-corrected chi connectivity index (χ3v) is 25.4. The standard InChI is InChI=1S/C8H24O4Si4.C8H18OSi2/c1-13(2)9-14(3,4)11-16(7,8)12-15(5,6)10-13;1-7-10(3,4)9-11(5,6)8-2/h1-8H3;7-8H,1-2H2,3-6H3. The van der Waals surface area contributed by atoms with Gasteiger partial charge < -0.3 is 20.6 Å². The van der Waals surface area contributed by atoms with E-state index in [0.717, 1.165) is 0 Å². The molecule has 1 rings (SSSR count). The van der Waals surface area contributed by atoms with Crippen LogP contribution in [0.5, 0.6) is 0 Å². The third-order valence-electron chi connectivity index (χ3n) is 3.48. The van der Waals surface area contributed by atoms with E-state index in [0.29, 0.717) is 0 Å². The molecule has 160 valence electrons. The fourth-order valence-corrected chi connectivity index (χ4v) is 30.4. The lowest BCUT2D eigenvalue weighted by Gasteiger charge is -2.46. The Kier molecular flexibility index (Phi) is 9.36. The van der Waals surface area contributed by atoms with E-state index in [1.54, 1.807) is 0 Å². The van der Waals surface area contributed by atoms with E-state index in [1.807, 2.05) is 11.4 Å². The minimum Gasteiger partial charge on any atom is -0.449 e. The molecule has 5 nitrogen and oxygen atoms in total. The molecule has 0 bridgehead atoms. The number of rotatable bonds is 4. The van der Waals surface area contributed by atoms with Gasteiger partial charge in [0.05, 0.1) is 0 Å². The molecule has 1 fully saturated rings. The summed E-state index contributed by atoms with van der Waals surface area (Å²) in [4.78, 5) is 0. The smallest absolute Gasteiger partial charge is 0.314 e. The second-order valence-electron chi connectivity index (χ2n) is 9.72. The molecule has 0 radical (unpaired) electrons. The van der Waals surface area contributed by atoms with Crippen LogP contribution < -0.4 is 0 Å². The van der Waals surface area contributed by atoms with Crippen LogP contribution in [0.4, 0.5) is 0 Å². The molecule has 0 aliphatic carbocycles. The zero-order valence-electron chi connectivity index (χ0n) is 19.6. The SMILES string of the molecule is C=C[Si](C)(C)O[Si](C)(C)C=C.C[Si]1(C)O[Si](C)(C)O[Si](C)(C)O[Si](C)(C)O1. The van der Waals surface area contributed by atoms with Crippen molar-refractivity contribution in [2.45, 2.75) is 78.6 Å². The molecule has 0 atom stereocenters. The summed E-state index contributed by atoms with van der Waals surface area (Å²) in [5, 5.41) is 0. The molecular formula is C16H42O5Si6. The van der Waals surface area contributed by atoms with Gasteiger partial charge in [-0.1, -0.05) is 11.4 Å². The van der Waals surface area contributed by atoms with E-state index >= 15 is 0 Å². The Balaban J connectivity index is 0.000000541. The van der Waals surface area contributed by atoms with E-state index < -0.39 is 50.9 Å². The molecule has 0 aromatic heterocycles. The molecular weight excluding hydrogens is 441 g/mol. The largest absolute Gasteiger partial charge is 0.449 e. The minimum absolute atomic E-state index is 1.58. The first-order chi connectivity index (χ1) is 11.7. The second-order valence-corrected chi connectivity index (χ2v) is 32.2. The molecule has 0 amide bonds. The van der Waals surface area contributed by atoms with Crippen LogP contribution in [0.2, 0.25) is 78.6 Å². The highest BCUT2D eigenvalue weighted by Gasteiger charge is 2.50. The van der Waals surface area contributed by atoms with Crippen LogP contribution in [0, 0.1) is 0 Å². The van der Waals surface area contributed by atoms with Gasteiger partial charge in [-0.3, -0.25) is 0 Å². The van der Waals surface area contributed by atoms with E-state index in [1.165, 1.54) is 0 Å². The lowest BCUT2D eigenvalue weighted by atomic mass is 11.3. The first-order valence-corrected chi connectivity index (χ1v) is 26.7. The van der Waals surface area contributed by atoms with E-state index in [9.17, 15) is 0 Å². The predicted octanol–water partition coefficient (Wildman–Crippen LogP) is 5.74. The van der Waals surface area contributed by atoms with Crippen LogP contribution >= 0.6 is 0 Å². The van der Waals surface area contributed by atoms with Crippen LogP contribution in [-0.4, -0.2) is 50.9 Å². The number of hydrogen-bond donors (Lipinski definition) is 0. The summed E-state index contributed by atoms with van der Waals surface area (Å²) in [6.45, 7) is 32.7. The van der Waals surface area contributed by atoms with Gasteiger partial charge in [0.25, 0.3) is 0 Å². The molecule has 1 saturated heterocycles. The van der Waals surface area contributed by atoms with Crippen molar-refractivity contribution in [2.24, 2.45) is 0 Å². The quantitative estimate of drug-likeness (QED) is 0.478. The average molecular weight is 483 g/mol. The first kappa shape index (κ1) is 27.6. The van der Waals surface area contributed by atoms with Crippen molar-refractivity contribution in [3.63, 3.8) is 0 Å². The van der Waals surface area contributed by atoms with Crippen molar-refractivity contribution in [1.82, 2.24) is 0 Å². The molecule has 0 N–H and O–H groups in total. The maximum absolute atomic E-state index is 6.16. The topological polar surface area (TPSA) is 46.2 Å². The Morgan fingerprint density at radius 1 is 0.556 bits per heavy atom. The summed E-state index contributed by atoms with van der Waals surface area (Å²) >= 11 is 0. The molecule has 1 heterocycles. The maximum atomic E-state index is 6.16. The average Bonchev–Trinajstić information content (AvgIpc) is 2.30. The van der Waals surface area contributed by atoms with E-state index in [-0.39, 0.29) is 0 Å². The van der Waals surface area contributed by atoms with Crippen molar-refractivity contribution in [1.29, 1.82) is 0 Å². The Morgan fingerprint density at radius 3 is 0.889 bits per heavy atom. The van der Waals surface area contributed by atoms with Gasteiger partial charge in [0.2, 0.25) is 0 Å². The fourth-order valence-electron chi connectivity index (χ4n) is 3.21. The molecule has 11 heteroatoms. The summed E-state index contributed by atoms with van der Waals surface area (Å²) < 4.78 is 30.6. The van der Waals surface area contributed by atoms with Gasteiger partial charge in [0, 0.05) is 0 Å². The van der Waals surface area contributed by atoms with Crippen LogP contribution in [0.3, 0.4) is 0 Å². The fraction of sp³-hybridized carbons (Fsp3) is 0.750. The maximum Gasteiger partial charge on any atom is 0.314 e. The molecule has 1 aliphatic heterocycles. The summed E-state index contributed by atoms with van der Waals surface area (Å²) in [5.41, 5.74) is 3.93. The second kappa shape index (κ2) is 9.16. The van der Waals surface area contributed by atoms with Gasteiger partial charge in [-0.25, -0.2) is 0 Å². The minimum atomic E-state index is -2.11. The van der Waals surface area contributed by atoms with Crippen LogP contribution in [0.25, 0.3) is 0 Å². The highest BCUT2D eigenvalue weighted by atomic mass is 28.5. The van der Waals surface area contributed by atoms with Crippen LogP contribution in [0.15, 0.2) is 24.6 Å². The van der Waals surface area contributed by atoms with E-state index in [2.05, 4.69) is 91.7 Å². The molecule has 0 saturated carbocycles. The summed E-state index contributed by atoms with van der Waals surface area (Å²) in [5.74, 6) is 0. The van der Waals surface area contributed by atoms with Gasteiger partial charge in [-0.2, -0.15) is 0 Å². The zero-order chi connectivity index (χ0) is 21.9. The number of hydrogen-bond acceptors (Lipinski definition) is 5. The Hall–Kier alpha value is 0.581. The van der Waals surface area contributed by atoms with Gasteiger partial charge >= 0.3 is 34.2 Å². The van der Waals surface area contributed by atoms with Crippen LogP contribution in [0.1, 0.15) is 0 Å². The van der Waals surface area contributed by atoms with Crippen LogP contribution in [-0.2, 0) is 20.6 Å². The zero-order valence-corrected chi connectivity index (χ0v) is 25.6. The lowest BCUT2D eigenvalue weighted by Crippen LogP contribution is -2.64. The Morgan fingerprint density at radius 2 is 0.741 bits per heavy atom. The van der Waals surface area contributed by atoms with Gasteiger partial charge in [-0.15, -0.1) is 13.2 Å². The van der Waals surface area contributed by atoms with Gasteiger partial charge in [0.1, 0.15) is 0 Å². The van der Waals surface area contributed by atoms with Crippen molar-refractivity contribution in [2.75, 3.05) is 0 Å². The highest BCUT2D eigenvalue weighted by molar-refractivity contribution is 6.92. The third kappa shape index (κ3) is 12.0. The first-order valence-electron chi connectivity index (χ1n) is 9.44. The van der Waals surface area contributed by atoms with Crippen molar-refractivity contribution >= 4 is 50.9 Å². The summed E-state index contributed by atoms with van der Waals surface area (Å²) in [6.07, 6.45) is 0. The van der Waals surface area contributed by atoms with Crippen molar-refractivity contribution in [3.05, 3.63) is 24.6 Å². The molecule has 0 spiro atoms. The van der Waals surface area contributed by atoms with E-state index in [4.69, 9.17) is 20.6 Å². The Labute approximate surface area is 174 Å².